The smallest absolute Gasteiger partial charge is 0.169 e. The number of hydrogen-bond acceptors (Lipinski definition) is 3. The second-order valence-corrected chi connectivity index (χ2v) is 16.6. The molecule has 0 radical (unpaired) electrons. The van der Waals surface area contributed by atoms with Crippen molar-refractivity contribution in [2.45, 2.75) is 57.5 Å². The zero-order valence-electron chi connectivity index (χ0n) is 31.8. The van der Waals surface area contributed by atoms with Crippen LogP contribution in [0.5, 0.6) is 0 Å². The van der Waals surface area contributed by atoms with E-state index in [0.29, 0.717) is 0 Å². The lowest BCUT2D eigenvalue weighted by Gasteiger charge is -2.42. The quantitative estimate of drug-likeness (QED) is 0.190. The molecule has 0 saturated carbocycles. The van der Waals surface area contributed by atoms with Crippen molar-refractivity contribution in [2.24, 2.45) is 9.98 Å². The van der Waals surface area contributed by atoms with Crippen LogP contribution in [0.3, 0.4) is 0 Å². The van der Waals surface area contributed by atoms with Crippen molar-refractivity contribution >= 4 is 44.2 Å². The fraction of sp³-hybridized carbons (Fsp3) is 0.176. The molecule has 7 aromatic carbocycles. The molecule has 268 valence electrons. The van der Waals surface area contributed by atoms with Crippen LogP contribution in [0.15, 0.2) is 168 Å². The van der Waals surface area contributed by atoms with E-state index in [1.807, 2.05) is 6.07 Å². The van der Waals surface area contributed by atoms with Crippen LogP contribution in [-0.4, -0.2) is 16.2 Å². The fourth-order valence-electron chi connectivity index (χ4n) is 8.95. The molecule has 4 heteroatoms. The molecule has 1 aliphatic carbocycles. The largest absolute Gasteiger partial charge is 0.324 e. The molecule has 0 bridgehead atoms. The molecular formula is C51H44N4. The van der Waals surface area contributed by atoms with Crippen LogP contribution in [0.25, 0.3) is 49.4 Å². The molecule has 10 rings (SSSR count). The lowest BCUT2D eigenvalue weighted by atomic mass is 9.62. The van der Waals surface area contributed by atoms with E-state index in [4.69, 9.17) is 9.98 Å². The van der Waals surface area contributed by atoms with Crippen LogP contribution in [-0.2, 0) is 10.8 Å². The molecule has 0 spiro atoms. The summed E-state index contributed by atoms with van der Waals surface area (Å²) in [7, 11) is 0. The van der Waals surface area contributed by atoms with Crippen molar-refractivity contribution < 1.29 is 0 Å². The zero-order chi connectivity index (χ0) is 37.3. The van der Waals surface area contributed by atoms with Crippen molar-refractivity contribution in [1.29, 1.82) is 0 Å². The minimum absolute atomic E-state index is 0.0571. The number of aliphatic imine (C=N–C) groups is 2. The van der Waals surface area contributed by atoms with Crippen LogP contribution in [0, 0.1) is 0 Å². The summed E-state index contributed by atoms with van der Waals surface area (Å²) >= 11 is 0. The van der Waals surface area contributed by atoms with E-state index in [0.717, 1.165) is 34.8 Å². The van der Waals surface area contributed by atoms with Gasteiger partial charge in [0.2, 0.25) is 0 Å². The summed E-state index contributed by atoms with van der Waals surface area (Å²) in [6.45, 7) is 9.70. The second-order valence-electron chi connectivity index (χ2n) is 16.6. The Morgan fingerprint density at radius 1 is 0.527 bits per heavy atom. The first-order chi connectivity index (χ1) is 26.7. The molecule has 0 saturated heterocycles. The summed E-state index contributed by atoms with van der Waals surface area (Å²) in [6.07, 6.45) is 1.94. The Morgan fingerprint density at radius 3 is 1.87 bits per heavy atom. The average molecular weight is 713 g/mol. The molecule has 0 fully saturated rings. The number of fused-ring (bicyclic) bond motifs is 6. The summed E-state index contributed by atoms with van der Waals surface area (Å²) in [4.78, 5) is 10.5. The van der Waals surface area contributed by atoms with Crippen LogP contribution in [0.2, 0.25) is 0 Å². The number of benzene rings is 7. The molecule has 8 aromatic rings. The van der Waals surface area contributed by atoms with E-state index in [-0.39, 0.29) is 10.8 Å². The van der Waals surface area contributed by atoms with Gasteiger partial charge in [-0.3, -0.25) is 0 Å². The number of hydrogen-bond donors (Lipinski definition) is 1. The van der Waals surface area contributed by atoms with Crippen molar-refractivity contribution in [2.75, 3.05) is 0 Å². The van der Waals surface area contributed by atoms with Gasteiger partial charge < -0.3 is 9.88 Å². The lowest BCUT2D eigenvalue weighted by Crippen LogP contribution is -2.36. The minimum atomic E-state index is -0.406. The van der Waals surface area contributed by atoms with E-state index in [1.165, 1.54) is 66.9 Å². The van der Waals surface area contributed by atoms with Gasteiger partial charge in [-0.15, -0.1) is 0 Å². The molecule has 1 unspecified atom stereocenters. The van der Waals surface area contributed by atoms with E-state index in [1.54, 1.807) is 0 Å². The highest BCUT2D eigenvalue weighted by molar-refractivity contribution is 6.16. The number of nitrogens with one attached hydrogen (secondary N) is 1. The minimum Gasteiger partial charge on any atom is -0.324 e. The lowest BCUT2D eigenvalue weighted by molar-refractivity contribution is 0.334. The molecule has 4 nitrogen and oxygen atoms in total. The molecule has 1 atom stereocenters. The monoisotopic (exact) mass is 712 g/mol. The molecule has 1 N–H and O–H groups in total. The number of nitrogens with zero attached hydrogens (tertiary/aromatic N) is 3. The number of amidine groups is 2. The van der Waals surface area contributed by atoms with Gasteiger partial charge in [0.05, 0.1) is 11.0 Å². The van der Waals surface area contributed by atoms with Crippen molar-refractivity contribution in [3.63, 3.8) is 0 Å². The van der Waals surface area contributed by atoms with E-state index < -0.39 is 6.17 Å². The van der Waals surface area contributed by atoms with Crippen LogP contribution in [0.4, 0.5) is 0 Å². The Bertz CT molecular complexity index is 2820. The average Bonchev–Trinajstić information content (AvgIpc) is 3.57. The Kier molecular flexibility index (Phi) is 7.67. The second kappa shape index (κ2) is 12.7. The number of para-hydroxylation sites is 1. The SMILES string of the molecule is CC1(C)CCC(C)(C)c2c1ccc1c3ccccc3n(-c3ccc4ccc(C5N=C(c6ccccc6)NC(c6ccc(-c7ccccc7)cc6)=N5)cc4c3)c21. The van der Waals surface area contributed by atoms with Gasteiger partial charge in [0.15, 0.2) is 6.17 Å². The third kappa shape index (κ3) is 5.67. The maximum atomic E-state index is 5.25. The molecule has 2 heterocycles. The van der Waals surface area contributed by atoms with Crippen LogP contribution >= 0.6 is 0 Å². The van der Waals surface area contributed by atoms with E-state index in [9.17, 15) is 0 Å². The third-order valence-electron chi connectivity index (χ3n) is 12.1. The predicted octanol–water partition coefficient (Wildman–Crippen LogP) is 12.4. The highest BCUT2D eigenvalue weighted by atomic mass is 15.2. The molecule has 1 aliphatic heterocycles. The summed E-state index contributed by atoms with van der Waals surface area (Å²) in [5, 5.41) is 8.56. The van der Waals surface area contributed by atoms with Crippen LogP contribution in [0.1, 0.15) is 74.5 Å². The predicted molar refractivity (Wildman–Crippen MR) is 231 cm³/mol. The van der Waals surface area contributed by atoms with E-state index in [2.05, 4.69) is 189 Å². The normalized spacial score (nSPS) is 17.4. The summed E-state index contributed by atoms with van der Waals surface area (Å²) in [6, 6.07) is 56.8. The van der Waals surface area contributed by atoms with Gasteiger partial charge in [-0.1, -0.05) is 161 Å². The molecule has 2 aliphatic rings. The van der Waals surface area contributed by atoms with Gasteiger partial charge in [-0.05, 0) is 86.5 Å². The summed E-state index contributed by atoms with van der Waals surface area (Å²) in [5.74, 6) is 1.63. The van der Waals surface area contributed by atoms with Gasteiger partial charge in [-0.25, -0.2) is 9.98 Å². The maximum absolute atomic E-state index is 5.25. The van der Waals surface area contributed by atoms with Crippen molar-refractivity contribution in [1.82, 2.24) is 9.88 Å². The standard InChI is InChI=1S/C51H44N4/c1-50(2)29-30-51(3,4)45-43(50)28-27-42-41-17-11-12-18-44(41)55(46(42)45)40-26-25-35-21-24-38(31-39(35)32-40)49-53-47(36-15-9-6-10-16-36)52-48(54-49)37-22-19-34(20-23-37)33-13-7-5-8-14-33/h5-28,31-32,49H,29-30H2,1-4H3,(H,52,53,54). The zero-order valence-corrected chi connectivity index (χ0v) is 31.8. The molecular weight excluding hydrogens is 669 g/mol. The molecule has 0 amide bonds. The van der Waals surface area contributed by atoms with Crippen molar-refractivity contribution in [3.8, 4) is 16.8 Å². The first-order valence-corrected chi connectivity index (χ1v) is 19.5. The van der Waals surface area contributed by atoms with Gasteiger partial charge in [0.25, 0.3) is 0 Å². The molecule has 55 heavy (non-hydrogen) atoms. The van der Waals surface area contributed by atoms with E-state index >= 15 is 0 Å². The van der Waals surface area contributed by atoms with Crippen LogP contribution < -0.4 is 5.32 Å². The van der Waals surface area contributed by atoms with Gasteiger partial charge in [-0.2, -0.15) is 0 Å². The highest BCUT2D eigenvalue weighted by Gasteiger charge is 2.39. The van der Waals surface area contributed by atoms with Gasteiger partial charge in [0, 0.05) is 27.6 Å². The Labute approximate surface area is 322 Å². The molecule has 1 aromatic heterocycles. The highest BCUT2D eigenvalue weighted by Crippen LogP contribution is 2.50. The number of aromatic nitrogens is 1. The third-order valence-corrected chi connectivity index (χ3v) is 12.1. The number of rotatable bonds is 5. The van der Waals surface area contributed by atoms with Gasteiger partial charge >= 0.3 is 0 Å². The van der Waals surface area contributed by atoms with Gasteiger partial charge in [0.1, 0.15) is 11.7 Å². The first-order valence-electron chi connectivity index (χ1n) is 19.5. The van der Waals surface area contributed by atoms with Crippen molar-refractivity contribution in [3.05, 3.63) is 186 Å². The topological polar surface area (TPSA) is 41.7 Å². The Hall–Kier alpha value is -6.26. The fourth-order valence-corrected chi connectivity index (χ4v) is 8.95. The first kappa shape index (κ1) is 33.3. The summed E-state index contributed by atoms with van der Waals surface area (Å²) in [5.41, 5.74) is 12.4. The Balaban J connectivity index is 1.11. The summed E-state index contributed by atoms with van der Waals surface area (Å²) < 4.78 is 2.53. The Morgan fingerprint density at radius 2 is 1.13 bits per heavy atom. The maximum Gasteiger partial charge on any atom is 0.169 e.